The third-order valence-corrected chi connectivity index (χ3v) is 3.75. The first-order valence-corrected chi connectivity index (χ1v) is 7.87. The first kappa shape index (κ1) is 19.0. The molecule has 6 nitrogen and oxygen atoms in total. The molecule has 1 N–H and O–H groups in total. The Balaban J connectivity index is 0.000000701. The molecular formula is C17H16ClFN2O4. The molecule has 2 aromatic rings. The van der Waals surface area contributed by atoms with Gasteiger partial charge < -0.3 is 14.8 Å². The van der Waals surface area contributed by atoms with Crippen LogP contribution in [0.25, 0.3) is 0 Å². The average Bonchev–Trinajstić information content (AvgIpc) is 2.85. The van der Waals surface area contributed by atoms with Crippen LogP contribution in [0.15, 0.2) is 42.6 Å². The summed E-state index contributed by atoms with van der Waals surface area (Å²) in [7, 11) is 0. The van der Waals surface area contributed by atoms with E-state index in [4.69, 9.17) is 30.7 Å². The van der Waals surface area contributed by atoms with Crippen molar-refractivity contribution in [2.75, 3.05) is 19.7 Å². The van der Waals surface area contributed by atoms with Gasteiger partial charge in [0.05, 0.1) is 11.6 Å². The van der Waals surface area contributed by atoms with Crippen molar-refractivity contribution in [3.63, 3.8) is 0 Å². The molecule has 0 saturated carbocycles. The van der Waals surface area contributed by atoms with Crippen LogP contribution in [0.3, 0.4) is 0 Å². The van der Waals surface area contributed by atoms with Gasteiger partial charge in [-0.25, -0.2) is 9.37 Å². The molecule has 1 unspecified atom stereocenters. The molecule has 132 valence electrons. The van der Waals surface area contributed by atoms with E-state index in [2.05, 4.69) is 10.3 Å². The van der Waals surface area contributed by atoms with Gasteiger partial charge in [0.1, 0.15) is 18.0 Å². The largest absolute Gasteiger partial charge is 0.470 e. The number of benzene rings is 1. The molecular weight excluding hydrogens is 351 g/mol. The van der Waals surface area contributed by atoms with Crippen molar-refractivity contribution in [3.05, 3.63) is 59.0 Å². The number of halogens is 2. The van der Waals surface area contributed by atoms with E-state index >= 15 is 0 Å². The number of pyridine rings is 1. The van der Waals surface area contributed by atoms with Crippen LogP contribution < -0.4 is 10.1 Å². The van der Waals surface area contributed by atoms with Gasteiger partial charge in [-0.3, -0.25) is 0 Å². The van der Waals surface area contributed by atoms with E-state index in [-0.39, 0.29) is 23.4 Å². The van der Waals surface area contributed by atoms with E-state index in [1.54, 1.807) is 18.3 Å². The van der Waals surface area contributed by atoms with Gasteiger partial charge in [-0.05, 0) is 23.8 Å². The van der Waals surface area contributed by atoms with Crippen LogP contribution in [0.2, 0.25) is 5.02 Å². The minimum atomic E-state index is -0.462. The second kappa shape index (κ2) is 9.86. The van der Waals surface area contributed by atoms with Crippen molar-refractivity contribution in [2.45, 2.75) is 12.2 Å². The van der Waals surface area contributed by atoms with E-state index in [0.717, 1.165) is 0 Å². The van der Waals surface area contributed by atoms with Crippen LogP contribution in [0.1, 0.15) is 11.7 Å². The van der Waals surface area contributed by atoms with Crippen LogP contribution in [-0.4, -0.2) is 36.9 Å². The van der Waals surface area contributed by atoms with E-state index in [1.807, 2.05) is 12.1 Å². The molecule has 1 saturated heterocycles. The highest BCUT2D eigenvalue weighted by Gasteiger charge is 2.28. The number of aromatic nitrogens is 1. The van der Waals surface area contributed by atoms with Crippen molar-refractivity contribution in [2.24, 2.45) is 0 Å². The summed E-state index contributed by atoms with van der Waals surface area (Å²) in [4.78, 5) is 20.4. The van der Waals surface area contributed by atoms with E-state index < -0.39 is 5.82 Å². The van der Waals surface area contributed by atoms with Crippen LogP contribution >= 0.6 is 11.6 Å². The lowest BCUT2D eigenvalue weighted by atomic mass is 10.0. The minimum absolute atomic E-state index is 0.0951. The lowest BCUT2D eigenvalue weighted by molar-refractivity contribution is -0.191. The lowest BCUT2D eigenvalue weighted by Crippen LogP contribution is -2.34. The Labute approximate surface area is 148 Å². The SMILES string of the molecule is Fc1cc(C2OCCNC[C@@H]2Oc2ccccn2)ccc1Cl.O=C=O. The Morgan fingerprint density at radius 1 is 1.32 bits per heavy atom. The highest BCUT2D eigenvalue weighted by molar-refractivity contribution is 6.30. The summed E-state index contributed by atoms with van der Waals surface area (Å²) >= 11 is 5.75. The predicted octanol–water partition coefficient (Wildman–Crippen LogP) is 2.40. The van der Waals surface area contributed by atoms with Gasteiger partial charge >= 0.3 is 6.15 Å². The summed E-state index contributed by atoms with van der Waals surface area (Å²) in [6, 6.07) is 10.1. The first-order chi connectivity index (χ1) is 12.2. The van der Waals surface area contributed by atoms with Gasteiger partial charge in [-0.2, -0.15) is 9.59 Å². The Bertz CT molecular complexity index is 711. The zero-order valence-corrected chi connectivity index (χ0v) is 13.9. The number of hydrogen-bond donors (Lipinski definition) is 1. The normalized spacial score (nSPS) is 19.8. The lowest BCUT2D eigenvalue weighted by Gasteiger charge is -2.25. The van der Waals surface area contributed by atoms with Crippen molar-refractivity contribution in [1.29, 1.82) is 0 Å². The number of nitrogens with zero attached hydrogens (tertiary/aromatic N) is 1. The van der Waals surface area contributed by atoms with Crippen LogP contribution in [0.4, 0.5) is 4.39 Å². The van der Waals surface area contributed by atoms with Crippen molar-refractivity contribution < 1.29 is 23.5 Å². The predicted molar refractivity (Wildman–Crippen MR) is 86.6 cm³/mol. The summed E-state index contributed by atoms with van der Waals surface area (Å²) in [6.45, 7) is 1.83. The molecule has 1 aromatic heterocycles. The maximum absolute atomic E-state index is 13.7. The van der Waals surface area contributed by atoms with E-state index in [9.17, 15) is 4.39 Å². The zero-order chi connectivity index (χ0) is 18.1. The molecule has 0 spiro atoms. The number of carbonyl (C=O) groups excluding carboxylic acids is 2. The van der Waals surface area contributed by atoms with Gasteiger partial charge in [0.25, 0.3) is 0 Å². The molecule has 25 heavy (non-hydrogen) atoms. The number of nitrogens with one attached hydrogen (secondary N) is 1. The molecule has 8 heteroatoms. The quantitative estimate of drug-likeness (QED) is 0.898. The number of rotatable bonds is 3. The van der Waals surface area contributed by atoms with E-state index in [0.29, 0.717) is 31.1 Å². The molecule has 2 heterocycles. The van der Waals surface area contributed by atoms with E-state index in [1.165, 1.54) is 12.1 Å². The molecule has 2 atom stereocenters. The maximum atomic E-state index is 13.7. The topological polar surface area (TPSA) is 77.5 Å². The molecule has 0 amide bonds. The standard InChI is InChI=1S/C16H16ClFN2O2.CO2/c17-12-5-4-11(9-13(12)18)16-14(10-19-7-8-21-16)22-15-3-1-2-6-20-15;2-1-3/h1-6,9,14,16,19H,7-8,10H2;/t14-,16?;/m0./s1. The van der Waals surface area contributed by atoms with Crippen molar-refractivity contribution in [1.82, 2.24) is 10.3 Å². The summed E-state index contributed by atoms with van der Waals surface area (Å²) in [6.07, 6.45) is 1.22. The molecule has 0 bridgehead atoms. The fourth-order valence-corrected chi connectivity index (χ4v) is 2.51. The molecule has 0 radical (unpaired) electrons. The van der Waals surface area contributed by atoms with Crippen LogP contribution in [0, 0.1) is 5.82 Å². The molecule has 0 aliphatic carbocycles. The summed E-state index contributed by atoms with van der Waals surface area (Å²) in [5.74, 6) is 0.0517. The van der Waals surface area contributed by atoms with Crippen molar-refractivity contribution in [3.8, 4) is 5.88 Å². The van der Waals surface area contributed by atoms with Gasteiger partial charge in [0.2, 0.25) is 5.88 Å². The van der Waals surface area contributed by atoms with Gasteiger partial charge in [0.15, 0.2) is 0 Å². The zero-order valence-electron chi connectivity index (χ0n) is 13.2. The fourth-order valence-electron chi connectivity index (χ4n) is 2.39. The van der Waals surface area contributed by atoms with Gasteiger partial charge in [0, 0.05) is 25.4 Å². The highest BCUT2D eigenvalue weighted by atomic mass is 35.5. The molecule has 1 fully saturated rings. The second-order valence-electron chi connectivity index (χ2n) is 5.08. The van der Waals surface area contributed by atoms with Gasteiger partial charge in [-0.15, -0.1) is 0 Å². The number of hydrogen-bond acceptors (Lipinski definition) is 6. The van der Waals surface area contributed by atoms with Crippen molar-refractivity contribution >= 4 is 17.8 Å². The third kappa shape index (κ3) is 5.62. The minimum Gasteiger partial charge on any atom is -0.470 e. The third-order valence-electron chi connectivity index (χ3n) is 3.44. The highest BCUT2D eigenvalue weighted by Crippen LogP contribution is 2.28. The smallest absolute Gasteiger partial charge is 0.373 e. The maximum Gasteiger partial charge on any atom is 0.373 e. The Morgan fingerprint density at radius 3 is 2.80 bits per heavy atom. The van der Waals surface area contributed by atoms with Crippen LogP contribution in [0.5, 0.6) is 5.88 Å². The molecule has 1 aromatic carbocycles. The molecule has 3 rings (SSSR count). The molecule has 1 aliphatic heterocycles. The Hall–Kier alpha value is -2.31. The van der Waals surface area contributed by atoms with Gasteiger partial charge in [-0.1, -0.05) is 23.7 Å². The number of ether oxygens (including phenoxy) is 2. The molecule has 1 aliphatic rings. The fraction of sp³-hybridized carbons (Fsp3) is 0.294. The average molecular weight is 367 g/mol. The van der Waals surface area contributed by atoms with Crippen LogP contribution in [-0.2, 0) is 14.3 Å². The summed E-state index contributed by atoms with van der Waals surface area (Å²) in [5.41, 5.74) is 0.700. The summed E-state index contributed by atoms with van der Waals surface area (Å²) < 4.78 is 25.5. The Kier molecular flexibility index (Phi) is 7.50. The second-order valence-corrected chi connectivity index (χ2v) is 5.48. The monoisotopic (exact) mass is 366 g/mol. The summed E-state index contributed by atoms with van der Waals surface area (Å²) in [5, 5.41) is 3.34. The Morgan fingerprint density at radius 2 is 2.12 bits per heavy atom. The first-order valence-electron chi connectivity index (χ1n) is 7.50.